The van der Waals surface area contributed by atoms with Crippen LogP contribution in [0.15, 0.2) is 21.2 Å². The smallest absolute Gasteiger partial charge is 0.419 e. The van der Waals surface area contributed by atoms with Crippen LogP contribution < -0.4 is 10.6 Å². The van der Waals surface area contributed by atoms with Gasteiger partial charge in [0.05, 0.1) is 11.1 Å². The van der Waals surface area contributed by atoms with Crippen molar-refractivity contribution in [1.29, 1.82) is 0 Å². The van der Waals surface area contributed by atoms with Crippen molar-refractivity contribution in [3.63, 3.8) is 0 Å². The summed E-state index contributed by atoms with van der Waals surface area (Å²) in [5.74, 6) is -0.399. The van der Waals surface area contributed by atoms with Gasteiger partial charge in [-0.05, 0) is 25.7 Å². The van der Waals surface area contributed by atoms with Crippen molar-refractivity contribution in [2.24, 2.45) is 0 Å². The molecule has 6 heterocycles. The molecule has 0 amide bonds. The number of nitrogens with one attached hydrogen (secondary N) is 2. The molecule has 2 N–H and O–H groups in total. The lowest BCUT2D eigenvalue weighted by Crippen LogP contribution is -2.53. The second-order valence-electron chi connectivity index (χ2n) is 11.1. The van der Waals surface area contributed by atoms with Gasteiger partial charge in [-0.1, -0.05) is 50.2 Å². The summed E-state index contributed by atoms with van der Waals surface area (Å²) in [5.41, 5.74) is -1.36. The molecule has 0 aromatic carbocycles. The first-order valence-electron chi connectivity index (χ1n) is 13.3. The fraction of sp³-hybridized carbons (Fsp3) is 0.615. The van der Waals surface area contributed by atoms with Crippen LogP contribution in [-0.2, 0) is 19.1 Å². The van der Waals surface area contributed by atoms with Crippen LogP contribution in [0.5, 0.6) is 0 Å². The molecule has 0 radical (unpaired) electrons. The maximum absolute atomic E-state index is 13.2. The number of carbonyl (C=O) groups is 2. The lowest BCUT2D eigenvalue weighted by Gasteiger charge is -2.35. The maximum Gasteiger partial charge on any atom is 0.419 e. The van der Waals surface area contributed by atoms with Crippen LogP contribution in [0.3, 0.4) is 0 Å². The Labute approximate surface area is 219 Å². The zero-order chi connectivity index (χ0) is 26.7. The van der Waals surface area contributed by atoms with Gasteiger partial charge >= 0.3 is 11.9 Å². The molecular formula is C26H32N6O6. The minimum absolute atomic E-state index is 0.0738. The van der Waals surface area contributed by atoms with E-state index >= 15 is 0 Å². The van der Waals surface area contributed by atoms with Crippen molar-refractivity contribution in [3.05, 3.63) is 35.6 Å². The summed E-state index contributed by atoms with van der Waals surface area (Å²) in [5, 5.41) is 14.8. The standard InChI is InChI=1S/C26H32N6O6/c1-13(2)19-27-21(37-31-19)17-7-5-15-9-11-25(17,29-15)35-23(33)24(34)36-26-12-10-16(30-26)6-8-18(26)22-28-20(14(3)4)32-38-22/h7-8,13-16,29-30H,5-6,9-12H2,1-4H3. The predicted octanol–water partition coefficient (Wildman–Crippen LogP) is 2.96. The number of hydrogen-bond acceptors (Lipinski definition) is 12. The Balaban J connectivity index is 1.23. The number of fused-ring (bicyclic) bond motifs is 4. The van der Waals surface area contributed by atoms with Crippen LogP contribution in [-0.4, -0.2) is 55.8 Å². The van der Waals surface area contributed by atoms with Crippen molar-refractivity contribution in [2.75, 3.05) is 0 Å². The van der Waals surface area contributed by atoms with E-state index in [1.54, 1.807) is 0 Å². The average Bonchev–Trinajstić information content (AvgIpc) is 3.67. The molecule has 0 spiro atoms. The molecule has 6 rings (SSSR count). The lowest BCUT2D eigenvalue weighted by molar-refractivity contribution is -0.182. The molecule has 4 aliphatic heterocycles. The van der Waals surface area contributed by atoms with Gasteiger partial charge in [0.1, 0.15) is 0 Å². The van der Waals surface area contributed by atoms with Crippen LogP contribution in [0.2, 0.25) is 0 Å². The van der Waals surface area contributed by atoms with E-state index in [0.29, 0.717) is 35.6 Å². The maximum atomic E-state index is 13.2. The number of ether oxygens (including phenoxy) is 2. The minimum Gasteiger partial charge on any atom is -0.431 e. The highest BCUT2D eigenvalue weighted by molar-refractivity contribution is 6.30. The monoisotopic (exact) mass is 524 g/mol. The van der Waals surface area contributed by atoms with Crippen LogP contribution in [0.25, 0.3) is 11.1 Å². The van der Waals surface area contributed by atoms with Gasteiger partial charge in [0.25, 0.3) is 11.8 Å². The third-order valence-corrected chi connectivity index (χ3v) is 7.73. The number of aromatic nitrogens is 4. The second-order valence-corrected chi connectivity index (χ2v) is 11.1. The normalized spacial score (nSPS) is 29.9. The first-order valence-corrected chi connectivity index (χ1v) is 13.3. The van der Waals surface area contributed by atoms with E-state index in [4.69, 9.17) is 18.5 Å². The second kappa shape index (κ2) is 9.12. The number of rotatable bonds is 6. The van der Waals surface area contributed by atoms with Crippen molar-refractivity contribution in [1.82, 2.24) is 30.9 Å². The van der Waals surface area contributed by atoms with E-state index in [1.165, 1.54) is 0 Å². The van der Waals surface area contributed by atoms with E-state index < -0.39 is 23.4 Å². The van der Waals surface area contributed by atoms with E-state index in [-0.39, 0.29) is 35.7 Å². The fourth-order valence-corrected chi connectivity index (χ4v) is 5.68. The molecule has 202 valence electrons. The Bertz CT molecular complexity index is 1230. The molecule has 2 aromatic rings. The van der Waals surface area contributed by atoms with Gasteiger partial charge < -0.3 is 18.5 Å². The lowest BCUT2D eigenvalue weighted by atomic mass is 9.98. The number of esters is 2. The Hall–Kier alpha value is -3.38. The quantitative estimate of drug-likeness (QED) is 0.422. The molecule has 12 nitrogen and oxygen atoms in total. The number of carbonyl (C=O) groups excluding carboxylic acids is 2. The first-order chi connectivity index (χ1) is 18.2. The Morgan fingerprint density at radius 1 is 0.816 bits per heavy atom. The summed E-state index contributed by atoms with van der Waals surface area (Å²) >= 11 is 0. The van der Waals surface area contributed by atoms with Crippen molar-refractivity contribution in [2.45, 2.75) is 102 Å². The highest BCUT2D eigenvalue weighted by Crippen LogP contribution is 2.44. The molecule has 38 heavy (non-hydrogen) atoms. The molecular weight excluding hydrogens is 492 g/mol. The van der Waals surface area contributed by atoms with Crippen molar-refractivity contribution >= 4 is 23.1 Å². The molecule has 4 aliphatic rings. The highest BCUT2D eigenvalue weighted by Gasteiger charge is 2.54. The van der Waals surface area contributed by atoms with Gasteiger partial charge in [-0.25, -0.2) is 9.59 Å². The summed E-state index contributed by atoms with van der Waals surface area (Å²) in [6, 6.07) is 0.234. The zero-order valence-corrected chi connectivity index (χ0v) is 21.9. The molecule has 4 bridgehead atoms. The Morgan fingerprint density at radius 2 is 1.24 bits per heavy atom. The molecule has 0 aliphatic carbocycles. The summed E-state index contributed by atoms with van der Waals surface area (Å²) in [4.78, 5) is 35.5. The van der Waals surface area contributed by atoms with Crippen LogP contribution in [0.1, 0.15) is 101 Å². The van der Waals surface area contributed by atoms with Crippen LogP contribution in [0.4, 0.5) is 0 Å². The Morgan fingerprint density at radius 3 is 1.61 bits per heavy atom. The predicted molar refractivity (Wildman–Crippen MR) is 132 cm³/mol. The SMILES string of the molecule is CC(C)c1noc(C2=CCC3CCC2(OC(=O)C(=O)OC24CCC(CC=C2c2nc(C(C)C)no2)N4)N3)n1. The summed E-state index contributed by atoms with van der Waals surface area (Å²) in [6.07, 6.45) is 7.81. The third-order valence-electron chi connectivity index (χ3n) is 7.73. The van der Waals surface area contributed by atoms with E-state index in [0.717, 1.165) is 25.7 Å². The van der Waals surface area contributed by atoms with E-state index in [2.05, 4.69) is 30.9 Å². The number of hydrogen-bond donors (Lipinski definition) is 2. The fourth-order valence-electron chi connectivity index (χ4n) is 5.68. The molecule has 0 saturated carbocycles. The highest BCUT2D eigenvalue weighted by atomic mass is 16.6. The van der Waals surface area contributed by atoms with E-state index in [1.807, 2.05) is 39.8 Å². The topological polar surface area (TPSA) is 154 Å². The summed E-state index contributed by atoms with van der Waals surface area (Å²) in [7, 11) is 0. The van der Waals surface area contributed by atoms with Gasteiger partial charge in [0.2, 0.25) is 0 Å². The molecule has 2 fully saturated rings. The third kappa shape index (κ3) is 4.15. The van der Waals surface area contributed by atoms with Gasteiger partial charge in [-0.15, -0.1) is 0 Å². The number of nitrogens with zero attached hydrogens (tertiary/aromatic N) is 4. The minimum atomic E-state index is -1.24. The molecule has 12 heteroatoms. The van der Waals surface area contributed by atoms with Crippen molar-refractivity contribution in [3.8, 4) is 0 Å². The van der Waals surface area contributed by atoms with Crippen LogP contribution >= 0.6 is 0 Å². The molecule has 4 atom stereocenters. The van der Waals surface area contributed by atoms with Gasteiger partial charge in [-0.3, -0.25) is 10.6 Å². The molecule has 4 unspecified atom stereocenters. The Kier molecular flexibility index (Phi) is 5.98. The van der Waals surface area contributed by atoms with Gasteiger partial charge in [0.15, 0.2) is 23.1 Å². The van der Waals surface area contributed by atoms with E-state index in [9.17, 15) is 9.59 Å². The van der Waals surface area contributed by atoms with Crippen LogP contribution in [0, 0.1) is 0 Å². The summed E-state index contributed by atoms with van der Waals surface area (Å²) in [6.45, 7) is 7.86. The van der Waals surface area contributed by atoms with Gasteiger partial charge in [0, 0.05) is 36.8 Å². The first kappa shape index (κ1) is 24.9. The zero-order valence-electron chi connectivity index (χ0n) is 21.9. The average molecular weight is 525 g/mol. The largest absolute Gasteiger partial charge is 0.431 e. The summed E-state index contributed by atoms with van der Waals surface area (Å²) < 4.78 is 22.8. The van der Waals surface area contributed by atoms with Crippen molar-refractivity contribution < 1.29 is 28.1 Å². The molecule has 2 saturated heterocycles. The van der Waals surface area contributed by atoms with Gasteiger partial charge in [-0.2, -0.15) is 9.97 Å². The molecule has 2 aromatic heterocycles.